The number of Topliss-reactive ketones (excluding diaryl/α,β-unsaturated/α-hetero) is 1. The summed E-state index contributed by atoms with van der Waals surface area (Å²) in [5, 5.41) is 0. The minimum atomic E-state index is 0.256. The van der Waals surface area contributed by atoms with Gasteiger partial charge in [0.1, 0.15) is 13.6 Å². The zero-order valence-electron chi connectivity index (χ0n) is 8.62. The van der Waals surface area contributed by atoms with Crippen LogP contribution in [0.1, 0.15) is 19.8 Å². The van der Waals surface area contributed by atoms with Crippen LogP contribution in [0.25, 0.3) is 0 Å². The molecule has 1 aliphatic carbocycles. The highest BCUT2D eigenvalue weighted by atomic mass is 16.1. The van der Waals surface area contributed by atoms with Gasteiger partial charge in [0, 0.05) is 5.92 Å². The fraction of sp³-hybridized carbons (Fsp3) is 0.417. The standard InChI is InChI=1S/C12H15BO/c1-8(4-5-9(2)13)11-6-12(7-11)10(3)14/h4-5,11-12H,1-2,6-7H2,3H3/b5-4-. The summed E-state index contributed by atoms with van der Waals surface area (Å²) in [6.45, 7) is 9.17. The summed E-state index contributed by atoms with van der Waals surface area (Å²) in [6.07, 6.45) is 5.53. The van der Waals surface area contributed by atoms with E-state index in [1.54, 1.807) is 13.0 Å². The van der Waals surface area contributed by atoms with Gasteiger partial charge >= 0.3 is 0 Å². The van der Waals surface area contributed by atoms with Crippen molar-refractivity contribution in [1.82, 2.24) is 0 Å². The molecule has 1 saturated carbocycles. The summed E-state index contributed by atoms with van der Waals surface area (Å²) in [7, 11) is 5.40. The van der Waals surface area contributed by atoms with Crippen molar-refractivity contribution in [1.29, 1.82) is 0 Å². The van der Waals surface area contributed by atoms with Gasteiger partial charge in [-0.15, -0.1) is 12.1 Å². The molecular weight excluding hydrogens is 171 g/mol. The molecule has 0 heterocycles. The Morgan fingerprint density at radius 2 is 1.86 bits per heavy atom. The zero-order valence-corrected chi connectivity index (χ0v) is 8.62. The van der Waals surface area contributed by atoms with Gasteiger partial charge in [-0.3, -0.25) is 4.79 Å². The quantitative estimate of drug-likeness (QED) is 0.486. The lowest BCUT2D eigenvalue weighted by Gasteiger charge is -2.34. The SMILES string of the molecule is [B]C(=C)/C=C\C(=C)C1CC(C(C)=O)C1. The van der Waals surface area contributed by atoms with Crippen molar-refractivity contribution in [2.75, 3.05) is 0 Å². The van der Waals surface area contributed by atoms with Gasteiger partial charge in [-0.1, -0.05) is 24.3 Å². The van der Waals surface area contributed by atoms with Crippen LogP contribution in [0.2, 0.25) is 0 Å². The van der Waals surface area contributed by atoms with Crippen molar-refractivity contribution in [3.05, 3.63) is 36.4 Å². The zero-order chi connectivity index (χ0) is 10.7. The lowest BCUT2D eigenvalue weighted by molar-refractivity contribution is -0.124. The van der Waals surface area contributed by atoms with Gasteiger partial charge in [-0.05, 0) is 25.7 Å². The summed E-state index contributed by atoms with van der Waals surface area (Å²) in [5.74, 6) is 1.01. The molecular formula is C12H15BO. The lowest BCUT2D eigenvalue weighted by Crippen LogP contribution is -2.29. The maximum atomic E-state index is 11.0. The van der Waals surface area contributed by atoms with Crippen LogP contribution < -0.4 is 0 Å². The van der Waals surface area contributed by atoms with E-state index in [9.17, 15) is 4.79 Å². The molecule has 0 atom stereocenters. The van der Waals surface area contributed by atoms with Crippen LogP contribution in [0.15, 0.2) is 36.4 Å². The highest BCUT2D eigenvalue weighted by molar-refractivity contribution is 6.23. The molecule has 0 unspecified atom stereocenters. The van der Waals surface area contributed by atoms with E-state index in [2.05, 4.69) is 13.2 Å². The summed E-state index contributed by atoms with van der Waals surface area (Å²) in [6, 6.07) is 0. The lowest BCUT2D eigenvalue weighted by atomic mass is 9.70. The Balaban J connectivity index is 2.37. The van der Waals surface area contributed by atoms with Crippen molar-refractivity contribution < 1.29 is 4.79 Å². The van der Waals surface area contributed by atoms with Crippen LogP contribution in [0.3, 0.4) is 0 Å². The largest absolute Gasteiger partial charge is 0.300 e. The molecule has 0 aromatic heterocycles. The number of rotatable bonds is 4. The van der Waals surface area contributed by atoms with Crippen LogP contribution in [0.5, 0.6) is 0 Å². The smallest absolute Gasteiger partial charge is 0.132 e. The minimum Gasteiger partial charge on any atom is -0.300 e. The summed E-state index contributed by atoms with van der Waals surface area (Å²) >= 11 is 0. The van der Waals surface area contributed by atoms with Gasteiger partial charge in [-0.2, -0.15) is 0 Å². The highest BCUT2D eigenvalue weighted by Gasteiger charge is 2.32. The van der Waals surface area contributed by atoms with Gasteiger partial charge < -0.3 is 0 Å². The van der Waals surface area contributed by atoms with Crippen LogP contribution >= 0.6 is 0 Å². The van der Waals surface area contributed by atoms with Crippen molar-refractivity contribution >= 4 is 13.6 Å². The summed E-state index contributed by atoms with van der Waals surface area (Å²) in [4.78, 5) is 11.0. The highest BCUT2D eigenvalue weighted by Crippen LogP contribution is 2.39. The second-order valence-corrected chi connectivity index (χ2v) is 3.96. The molecule has 1 fully saturated rings. The third-order valence-corrected chi connectivity index (χ3v) is 2.75. The number of ketones is 1. The third-order valence-electron chi connectivity index (χ3n) is 2.75. The van der Waals surface area contributed by atoms with Crippen LogP contribution in [-0.4, -0.2) is 13.6 Å². The topological polar surface area (TPSA) is 17.1 Å². The number of allylic oxidation sites excluding steroid dienone is 4. The molecule has 0 bridgehead atoms. The Hall–Kier alpha value is -1.05. The number of carbonyl (C=O) groups is 1. The van der Waals surface area contributed by atoms with E-state index in [1.165, 1.54) is 0 Å². The molecule has 14 heavy (non-hydrogen) atoms. The molecule has 1 aliphatic rings. The monoisotopic (exact) mass is 186 g/mol. The molecule has 2 heteroatoms. The van der Waals surface area contributed by atoms with Gasteiger partial charge in [-0.25, -0.2) is 0 Å². The van der Waals surface area contributed by atoms with Gasteiger partial charge in [0.15, 0.2) is 0 Å². The molecule has 0 saturated heterocycles. The number of carbonyl (C=O) groups excluding carboxylic acids is 1. The Morgan fingerprint density at radius 1 is 1.29 bits per heavy atom. The van der Waals surface area contributed by atoms with Gasteiger partial charge in [0.05, 0.1) is 0 Å². The predicted octanol–water partition coefficient (Wildman–Crippen LogP) is 2.40. The fourth-order valence-corrected chi connectivity index (χ4v) is 1.60. The van der Waals surface area contributed by atoms with E-state index in [-0.39, 0.29) is 5.92 Å². The normalized spacial score (nSPS) is 25.8. The first-order chi connectivity index (χ1) is 6.50. The van der Waals surface area contributed by atoms with Crippen LogP contribution in [0, 0.1) is 11.8 Å². The molecule has 72 valence electrons. The second-order valence-electron chi connectivity index (χ2n) is 3.96. The maximum Gasteiger partial charge on any atom is 0.132 e. The molecule has 0 N–H and O–H groups in total. The average molecular weight is 186 g/mol. The predicted molar refractivity (Wildman–Crippen MR) is 60.1 cm³/mol. The summed E-state index contributed by atoms with van der Waals surface area (Å²) in [5.41, 5.74) is 1.59. The Bertz CT molecular complexity index is 295. The second kappa shape index (κ2) is 4.45. The van der Waals surface area contributed by atoms with Crippen molar-refractivity contribution in [3.63, 3.8) is 0 Å². The fourth-order valence-electron chi connectivity index (χ4n) is 1.60. The van der Waals surface area contributed by atoms with E-state index in [1.807, 2.05) is 6.08 Å². The Kier molecular flexibility index (Phi) is 3.51. The maximum absolute atomic E-state index is 11.0. The van der Waals surface area contributed by atoms with Crippen LogP contribution in [-0.2, 0) is 4.79 Å². The van der Waals surface area contributed by atoms with Gasteiger partial charge in [0.25, 0.3) is 0 Å². The van der Waals surface area contributed by atoms with E-state index in [4.69, 9.17) is 7.85 Å². The molecule has 0 aliphatic heterocycles. The first-order valence-electron chi connectivity index (χ1n) is 4.82. The molecule has 0 aromatic rings. The number of hydrogen-bond donors (Lipinski definition) is 0. The first kappa shape index (κ1) is 11.0. The van der Waals surface area contributed by atoms with Crippen molar-refractivity contribution in [3.8, 4) is 0 Å². The Morgan fingerprint density at radius 3 is 2.29 bits per heavy atom. The van der Waals surface area contributed by atoms with E-state index in [0.717, 1.165) is 18.4 Å². The van der Waals surface area contributed by atoms with Crippen LogP contribution in [0.4, 0.5) is 0 Å². The Labute approximate surface area is 87.0 Å². The van der Waals surface area contributed by atoms with E-state index in [0.29, 0.717) is 17.2 Å². The molecule has 1 rings (SSSR count). The van der Waals surface area contributed by atoms with E-state index < -0.39 is 0 Å². The minimum absolute atomic E-state index is 0.256. The molecule has 1 nitrogen and oxygen atoms in total. The molecule has 2 radical (unpaired) electrons. The molecule has 0 aromatic carbocycles. The van der Waals surface area contributed by atoms with Gasteiger partial charge in [0.2, 0.25) is 0 Å². The van der Waals surface area contributed by atoms with Crippen molar-refractivity contribution in [2.45, 2.75) is 19.8 Å². The number of hydrogen-bond acceptors (Lipinski definition) is 1. The van der Waals surface area contributed by atoms with Crippen molar-refractivity contribution in [2.24, 2.45) is 11.8 Å². The molecule has 0 spiro atoms. The summed E-state index contributed by atoms with van der Waals surface area (Å²) < 4.78 is 0. The average Bonchev–Trinajstić information content (AvgIpc) is 1.97. The van der Waals surface area contributed by atoms with E-state index >= 15 is 0 Å². The third kappa shape index (κ3) is 2.73. The molecule has 0 amide bonds. The first-order valence-corrected chi connectivity index (χ1v) is 4.82.